The molecule has 0 heterocycles. The second-order valence-electron chi connectivity index (χ2n) is 5.29. The molecule has 0 aliphatic carbocycles. The lowest BCUT2D eigenvalue weighted by Crippen LogP contribution is -2.35. The van der Waals surface area contributed by atoms with Crippen LogP contribution in [0.15, 0.2) is 30.3 Å². The number of hydrogen-bond donors (Lipinski definition) is 2. The van der Waals surface area contributed by atoms with E-state index in [0.29, 0.717) is 6.42 Å². The number of alkyl carbamates (subject to hydrolysis) is 1. The van der Waals surface area contributed by atoms with Crippen LogP contribution in [0.25, 0.3) is 0 Å². The van der Waals surface area contributed by atoms with Gasteiger partial charge in [0.2, 0.25) is 7.37 Å². The van der Waals surface area contributed by atoms with Gasteiger partial charge in [-0.05, 0) is 17.9 Å². The Morgan fingerprint density at radius 2 is 1.95 bits per heavy atom. The molecule has 0 saturated heterocycles. The number of carbonyl (C=O) groups excluding carboxylic acids is 1. The van der Waals surface area contributed by atoms with Gasteiger partial charge in [0.1, 0.15) is 12.4 Å². The lowest BCUT2D eigenvalue weighted by molar-refractivity contribution is 0.137. The molecule has 1 rings (SSSR count). The summed E-state index contributed by atoms with van der Waals surface area (Å²) in [6.45, 7) is 5.25. The van der Waals surface area contributed by atoms with Gasteiger partial charge in [-0.25, -0.2) is 4.79 Å². The molecule has 2 atom stereocenters. The van der Waals surface area contributed by atoms with Crippen molar-refractivity contribution in [2.75, 3.05) is 6.66 Å². The average Bonchev–Trinajstić information content (AvgIpc) is 2.35. The topological polar surface area (TPSA) is 75.6 Å². The fourth-order valence-corrected chi connectivity index (χ4v) is 2.88. The first-order valence-corrected chi connectivity index (χ1v) is 8.73. The smallest absolute Gasteiger partial charge is 0.408 e. The Morgan fingerprint density at radius 3 is 2.45 bits per heavy atom. The summed E-state index contributed by atoms with van der Waals surface area (Å²) in [5.41, 5.74) is 0.867. The van der Waals surface area contributed by atoms with Crippen molar-refractivity contribution in [3.8, 4) is 0 Å². The Bertz CT molecular complexity index is 469. The molecule has 0 aliphatic rings. The number of rotatable bonds is 6. The Labute approximate surface area is 119 Å². The molecule has 0 spiro atoms. The van der Waals surface area contributed by atoms with Crippen LogP contribution in [0.5, 0.6) is 0 Å². The van der Waals surface area contributed by atoms with Gasteiger partial charge in [0.15, 0.2) is 0 Å². The van der Waals surface area contributed by atoms with E-state index in [4.69, 9.17) is 4.74 Å². The largest absolute Gasteiger partial charge is 0.445 e. The van der Waals surface area contributed by atoms with E-state index >= 15 is 0 Å². The lowest BCUT2D eigenvalue weighted by Gasteiger charge is -2.22. The highest BCUT2D eigenvalue weighted by atomic mass is 31.2. The third-order valence-electron chi connectivity index (χ3n) is 2.77. The molecule has 112 valence electrons. The van der Waals surface area contributed by atoms with Gasteiger partial charge in [-0.3, -0.25) is 4.57 Å². The second kappa shape index (κ2) is 7.46. The van der Waals surface area contributed by atoms with Crippen LogP contribution in [0.3, 0.4) is 0 Å². The predicted octanol–water partition coefficient (Wildman–Crippen LogP) is 3.19. The number of ether oxygens (including phenoxy) is 1. The van der Waals surface area contributed by atoms with Gasteiger partial charge in [0, 0.05) is 6.66 Å². The van der Waals surface area contributed by atoms with E-state index in [1.807, 2.05) is 44.2 Å². The highest BCUT2D eigenvalue weighted by Gasteiger charge is 2.28. The molecule has 2 unspecified atom stereocenters. The molecule has 0 radical (unpaired) electrons. The minimum atomic E-state index is -3.39. The summed E-state index contributed by atoms with van der Waals surface area (Å²) in [4.78, 5) is 21.3. The highest BCUT2D eigenvalue weighted by Crippen LogP contribution is 2.43. The number of nitrogens with one attached hydrogen (secondary N) is 1. The third kappa shape index (κ3) is 6.22. The Morgan fingerprint density at radius 1 is 1.35 bits per heavy atom. The van der Waals surface area contributed by atoms with Crippen LogP contribution >= 0.6 is 7.37 Å². The standard InChI is InChI=1S/C14H22NO4P/c1-11(2)9-13(20(3,17)18)15-14(16)19-10-12-7-5-4-6-8-12/h4-8,11,13H,9-10H2,1-3H3,(H,15,16)(H,17,18). The fraction of sp³-hybridized carbons (Fsp3) is 0.500. The van der Waals surface area contributed by atoms with Crippen LogP contribution in [-0.2, 0) is 15.9 Å². The maximum Gasteiger partial charge on any atom is 0.408 e. The summed E-state index contributed by atoms with van der Waals surface area (Å²) < 4.78 is 16.8. The Balaban J connectivity index is 2.52. The van der Waals surface area contributed by atoms with E-state index in [0.717, 1.165) is 5.56 Å². The van der Waals surface area contributed by atoms with Crippen LogP contribution in [0, 0.1) is 5.92 Å². The van der Waals surface area contributed by atoms with Crippen LogP contribution in [0.4, 0.5) is 4.79 Å². The molecular formula is C14H22NO4P. The molecule has 0 saturated carbocycles. The number of amides is 1. The molecule has 0 fully saturated rings. The molecule has 6 heteroatoms. The van der Waals surface area contributed by atoms with E-state index in [1.54, 1.807) is 0 Å². The van der Waals surface area contributed by atoms with Crippen LogP contribution in [-0.4, -0.2) is 23.4 Å². The molecule has 0 aliphatic heterocycles. The van der Waals surface area contributed by atoms with Crippen molar-refractivity contribution < 1.29 is 19.0 Å². The molecule has 2 N–H and O–H groups in total. The maximum atomic E-state index is 11.7. The Hall–Kier alpha value is -1.32. The normalized spacial score (nSPS) is 15.4. The van der Waals surface area contributed by atoms with Gasteiger partial charge < -0.3 is 14.9 Å². The fourth-order valence-electron chi connectivity index (χ4n) is 1.72. The summed E-state index contributed by atoms with van der Waals surface area (Å²) in [7, 11) is -3.39. The van der Waals surface area contributed by atoms with E-state index in [1.165, 1.54) is 6.66 Å². The molecule has 1 aromatic rings. The number of carbonyl (C=O) groups is 1. The maximum absolute atomic E-state index is 11.7. The predicted molar refractivity (Wildman–Crippen MR) is 78.8 cm³/mol. The number of benzene rings is 1. The van der Waals surface area contributed by atoms with E-state index in [2.05, 4.69) is 5.32 Å². The van der Waals surface area contributed by atoms with Gasteiger partial charge in [0.05, 0.1) is 0 Å². The van der Waals surface area contributed by atoms with E-state index in [-0.39, 0.29) is 12.5 Å². The molecule has 0 bridgehead atoms. The molecule has 0 aromatic heterocycles. The van der Waals surface area contributed by atoms with Crippen molar-refractivity contribution in [3.63, 3.8) is 0 Å². The first-order chi connectivity index (χ1) is 9.29. The van der Waals surface area contributed by atoms with Gasteiger partial charge in [-0.2, -0.15) is 0 Å². The van der Waals surface area contributed by atoms with Crippen LogP contribution < -0.4 is 5.32 Å². The van der Waals surface area contributed by atoms with Crippen molar-refractivity contribution in [2.45, 2.75) is 32.7 Å². The van der Waals surface area contributed by atoms with Crippen molar-refractivity contribution in [1.29, 1.82) is 0 Å². The first kappa shape index (κ1) is 16.7. The molecule has 5 nitrogen and oxygen atoms in total. The van der Waals surface area contributed by atoms with Crippen LogP contribution in [0.1, 0.15) is 25.8 Å². The SMILES string of the molecule is CC(C)CC(NC(=O)OCc1ccccc1)P(C)(=O)O. The summed E-state index contributed by atoms with van der Waals surface area (Å²) in [6, 6.07) is 9.27. The summed E-state index contributed by atoms with van der Waals surface area (Å²) >= 11 is 0. The Kier molecular flexibility index (Phi) is 6.24. The minimum absolute atomic E-state index is 0.139. The van der Waals surface area contributed by atoms with Gasteiger partial charge in [-0.15, -0.1) is 0 Å². The zero-order chi connectivity index (χ0) is 15.2. The first-order valence-electron chi connectivity index (χ1n) is 6.56. The quantitative estimate of drug-likeness (QED) is 0.791. The van der Waals surface area contributed by atoms with Crippen molar-refractivity contribution in [3.05, 3.63) is 35.9 Å². The zero-order valence-electron chi connectivity index (χ0n) is 12.1. The molecule has 1 aromatic carbocycles. The average molecular weight is 299 g/mol. The summed E-state index contributed by atoms with van der Waals surface area (Å²) in [5.74, 6) is -0.569. The molecule has 20 heavy (non-hydrogen) atoms. The summed E-state index contributed by atoms with van der Waals surface area (Å²) in [6.07, 6.45) is -0.235. The second-order valence-corrected chi connectivity index (χ2v) is 7.80. The molecular weight excluding hydrogens is 277 g/mol. The lowest BCUT2D eigenvalue weighted by atomic mass is 10.1. The van der Waals surface area contributed by atoms with Crippen molar-refractivity contribution >= 4 is 13.5 Å². The van der Waals surface area contributed by atoms with Gasteiger partial charge >= 0.3 is 6.09 Å². The van der Waals surface area contributed by atoms with Gasteiger partial charge in [-0.1, -0.05) is 44.2 Å². The van der Waals surface area contributed by atoms with E-state index < -0.39 is 19.2 Å². The minimum Gasteiger partial charge on any atom is -0.445 e. The van der Waals surface area contributed by atoms with Crippen molar-refractivity contribution in [1.82, 2.24) is 5.32 Å². The third-order valence-corrected chi connectivity index (χ3v) is 4.27. The number of hydrogen-bond acceptors (Lipinski definition) is 3. The van der Waals surface area contributed by atoms with Crippen molar-refractivity contribution in [2.24, 2.45) is 5.92 Å². The molecule has 1 amide bonds. The summed E-state index contributed by atoms with van der Waals surface area (Å²) in [5, 5.41) is 2.48. The van der Waals surface area contributed by atoms with Crippen LogP contribution in [0.2, 0.25) is 0 Å². The highest BCUT2D eigenvalue weighted by molar-refractivity contribution is 7.57. The zero-order valence-corrected chi connectivity index (χ0v) is 13.0. The monoisotopic (exact) mass is 299 g/mol. The van der Waals surface area contributed by atoms with E-state index in [9.17, 15) is 14.3 Å². The van der Waals surface area contributed by atoms with Gasteiger partial charge in [0.25, 0.3) is 0 Å².